The maximum Gasteiger partial charge on any atom is 0.00447 e. The van der Waals surface area contributed by atoms with Crippen LogP contribution in [0.15, 0.2) is 24.3 Å². The van der Waals surface area contributed by atoms with Crippen LogP contribution < -0.4 is 5.73 Å². The van der Waals surface area contributed by atoms with E-state index in [1.807, 2.05) is 0 Å². The molecule has 1 heteroatoms. The predicted molar refractivity (Wildman–Crippen MR) is 69.9 cm³/mol. The Morgan fingerprint density at radius 3 is 2.82 bits per heavy atom. The van der Waals surface area contributed by atoms with E-state index in [-0.39, 0.29) is 0 Å². The first-order valence-electron chi connectivity index (χ1n) is 7.13. The van der Waals surface area contributed by atoms with Crippen LogP contribution >= 0.6 is 0 Å². The van der Waals surface area contributed by atoms with Gasteiger partial charge in [0.2, 0.25) is 0 Å². The van der Waals surface area contributed by atoms with Gasteiger partial charge >= 0.3 is 0 Å². The fraction of sp³-hybridized carbons (Fsp3) is 0.625. The van der Waals surface area contributed by atoms with E-state index in [4.69, 9.17) is 5.73 Å². The first-order chi connectivity index (χ1) is 8.28. The van der Waals surface area contributed by atoms with Crippen molar-refractivity contribution in [3.05, 3.63) is 35.4 Å². The molecule has 17 heavy (non-hydrogen) atoms. The average Bonchev–Trinajstić information content (AvgIpc) is 2.55. The molecule has 90 valence electrons. The van der Waals surface area contributed by atoms with Gasteiger partial charge in [0.05, 0.1) is 0 Å². The molecule has 0 radical (unpaired) electrons. The molecule has 3 atom stereocenters. The third-order valence-corrected chi connectivity index (χ3v) is 5.69. The Bertz CT molecular complexity index is 447. The first kappa shape index (κ1) is 10.1. The normalized spacial score (nSPS) is 37.4. The summed E-state index contributed by atoms with van der Waals surface area (Å²) in [6, 6.07) is 9.90. The Hall–Kier alpha value is -0.820. The van der Waals surface area contributed by atoms with Gasteiger partial charge in [0.25, 0.3) is 0 Å². The molecule has 2 saturated carbocycles. The Kier molecular flexibility index (Phi) is 2.00. The van der Waals surface area contributed by atoms with E-state index < -0.39 is 0 Å². The van der Waals surface area contributed by atoms with Gasteiger partial charge in [-0.2, -0.15) is 0 Å². The molecule has 1 nitrogen and oxygen atoms in total. The minimum absolute atomic E-state index is 0.464. The van der Waals surface area contributed by atoms with Crippen LogP contribution in [0.1, 0.15) is 43.2 Å². The number of fused-ring (bicyclic) bond motifs is 5. The SMILES string of the molecule is NC1CC2Cc3cccc(c3)C3(CCC3)C2C1. The molecule has 1 aromatic rings. The van der Waals surface area contributed by atoms with Crippen molar-refractivity contribution in [2.24, 2.45) is 17.6 Å². The van der Waals surface area contributed by atoms with Gasteiger partial charge in [-0.15, -0.1) is 0 Å². The lowest BCUT2D eigenvalue weighted by Gasteiger charge is -2.48. The van der Waals surface area contributed by atoms with E-state index in [0.717, 1.165) is 11.8 Å². The van der Waals surface area contributed by atoms with E-state index in [0.29, 0.717) is 11.5 Å². The van der Waals surface area contributed by atoms with Crippen molar-refractivity contribution < 1.29 is 0 Å². The first-order valence-corrected chi connectivity index (χ1v) is 7.13. The van der Waals surface area contributed by atoms with Crippen LogP contribution in [0.2, 0.25) is 0 Å². The molecule has 4 rings (SSSR count). The monoisotopic (exact) mass is 227 g/mol. The molecule has 3 aliphatic rings. The Morgan fingerprint density at radius 1 is 1.18 bits per heavy atom. The van der Waals surface area contributed by atoms with Gasteiger partial charge in [-0.3, -0.25) is 0 Å². The lowest BCUT2D eigenvalue weighted by atomic mass is 9.56. The van der Waals surface area contributed by atoms with Crippen LogP contribution in [0.3, 0.4) is 0 Å². The van der Waals surface area contributed by atoms with Crippen molar-refractivity contribution in [3.8, 4) is 0 Å². The maximum absolute atomic E-state index is 6.24. The third kappa shape index (κ3) is 1.29. The Labute approximate surface area is 103 Å². The van der Waals surface area contributed by atoms with Gasteiger partial charge in [0, 0.05) is 6.04 Å². The van der Waals surface area contributed by atoms with Gasteiger partial charge in [-0.05, 0) is 60.5 Å². The van der Waals surface area contributed by atoms with Crippen LogP contribution in [-0.4, -0.2) is 6.04 Å². The largest absolute Gasteiger partial charge is 0.328 e. The van der Waals surface area contributed by atoms with E-state index in [9.17, 15) is 0 Å². The highest BCUT2D eigenvalue weighted by molar-refractivity contribution is 5.36. The van der Waals surface area contributed by atoms with Crippen molar-refractivity contribution >= 4 is 0 Å². The van der Waals surface area contributed by atoms with Gasteiger partial charge < -0.3 is 5.73 Å². The highest BCUT2D eigenvalue weighted by Gasteiger charge is 2.52. The molecular formula is C16H21N. The molecule has 3 unspecified atom stereocenters. The highest BCUT2D eigenvalue weighted by atomic mass is 14.7. The molecule has 0 amide bonds. The lowest BCUT2D eigenvalue weighted by Crippen LogP contribution is -2.43. The van der Waals surface area contributed by atoms with Crippen LogP contribution in [0.4, 0.5) is 0 Å². The minimum atomic E-state index is 0.464. The number of benzene rings is 1. The van der Waals surface area contributed by atoms with Gasteiger partial charge in [0.1, 0.15) is 0 Å². The summed E-state index contributed by atoms with van der Waals surface area (Å²) in [5, 5.41) is 0. The Balaban J connectivity index is 1.84. The summed E-state index contributed by atoms with van der Waals surface area (Å²) in [6.07, 6.45) is 8.03. The summed E-state index contributed by atoms with van der Waals surface area (Å²) in [4.78, 5) is 0. The van der Waals surface area contributed by atoms with Gasteiger partial charge in [-0.25, -0.2) is 0 Å². The van der Waals surface area contributed by atoms with Crippen LogP contribution in [0, 0.1) is 11.8 Å². The second-order valence-corrected chi connectivity index (χ2v) is 6.51. The average molecular weight is 227 g/mol. The molecule has 0 heterocycles. The summed E-state index contributed by atoms with van der Waals surface area (Å²) < 4.78 is 0. The van der Waals surface area contributed by atoms with Crippen molar-refractivity contribution in [3.63, 3.8) is 0 Å². The van der Waals surface area contributed by atoms with Crippen LogP contribution in [-0.2, 0) is 11.8 Å². The zero-order valence-electron chi connectivity index (χ0n) is 10.4. The summed E-state index contributed by atoms with van der Waals surface area (Å²) in [6.45, 7) is 0. The second-order valence-electron chi connectivity index (χ2n) is 6.51. The van der Waals surface area contributed by atoms with Crippen molar-refractivity contribution in [2.75, 3.05) is 0 Å². The molecule has 2 bridgehead atoms. The van der Waals surface area contributed by atoms with E-state index in [1.54, 1.807) is 11.1 Å². The molecule has 3 aliphatic carbocycles. The maximum atomic E-state index is 6.24. The Morgan fingerprint density at radius 2 is 2.06 bits per heavy atom. The summed E-state index contributed by atoms with van der Waals surface area (Å²) >= 11 is 0. The summed E-state index contributed by atoms with van der Waals surface area (Å²) in [5.41, 5.74) is 9.94. The molecule has 0 aliphatic heterocycles. The zero-order chi connectivity index (χ0) is 11.5. The van der Waals surface area contributed by atoms with Crippen LogP contribution in [0.25, 0.3) is 0 Å². The topological polar surface area (TPSA) is 26.0 Å². The van der Waals surface area contributed by atoms with E-state index in [2.05, 4.69) is 24.3 Å². The van der Waals surface area contributed by atoms with E-state index >= 15 is 0 Å². The van der Waals surface area contributed by atoms with E-state index in [1.165, 1.54) is 38.5 Å². The van der Waals surface area contributed by atoms with Crippen molar-refractivity contribution in [2.45, 2.75) is 50.0 Å². The standard InChI is InChI=1S/C16H21N/c17-14-9-12-7-11-3-1-4-13(8-11)16(5-2-6-16)15(12)10-14/h1,3-4,8,12,14-15H,2,5-7,9-10,17H2. The molecular weight excluding hydrogens is 206 g/mol. The number of hydrogen-bond donors (Lipinski definition) is 1. The number of nitrogens with two attached hydrogens (primary N) is 1. The minimum Gasteiger partial charge on any atom is -0.328 e. The van der Waals surface area contributed by atoms with Gasteiger partial charge in [0.15, 0.2) is 0 Å². The predicted octanol–water partition coefficient (Wildman–Crippen LogP) is 3.02. The fourth-order valence-electron chi connectivity index (χ4n) is 4.81. The molecule has 2 N–H and O–H groups in total. The number of rotatable bonds is 0. The molecule has 0 aromatic heterocycles. The van der Waals surface area contributed by atoms with Crippen molar-refractivity contribution in [1.29, 1.82) is 0 Å². The van der Waals surface area contributed by atoms with Crippen molar-refractivity contribution in [1.82, 2.24) is 0 Å². The molecule has 1 aromatic carbocycles. The zero-order valence-corrected chi connectivity index (χ0v) is 10.4. The smallest absolute Gasteiger partial charge is 0.00447 e. The molecule has 0 saturated heterocycles. The summed E-state index contributed by atoms with van der Waals surface area (Å²) in [7, 11) is 0. The second kappa shape index (κ2) is 3.35. The molecule has 1 spiro atoms. The number of hydrogen-bond acceptors (Lipinski definition) is 1. The summed E-state index contributed by atoms with van der Waals surface area (Å²) in [5.74, 6) is 1.72. The highest BCUT2D eigenvalue weighted by Crippen LogP contribution is 2.57. The quantitative estimate of drug-likeness (QED) is 0.724. The van der Waals surface area contributed by atoms with Crippen LogP contribution in [0.5, 0.6) is 0 Å². The molecule has 2 fully saturated rings. The fourth-order valence-corrected chi connectivity index (χ4v) is 4.81. The third-order valence-electron chi connectivity index (χ3n) is 5.69. The lowest BCUT2D eigenvalue weighted by molar-refractivity contribution is 0.115. The van der Waals surface area contributed by atoms with Gasteiger partial charge in [-0.1, -0.05) is 30.7 Å².